The molecule has 7 nitrogen and oxygen atoms in total. The van der Waals surface area contributed by atoms with E-state index < -0.39 is 11.9 Å². The minimum atomic E-state index is -0.704. The molecule has 1 aliphatic carbocycles. The van der Waals surface area contributed by atoms with Gasteiger partial charge in [0.25, 0.3) is 0 Å². The molecule has 2 heterocycles. The van der Waals surface area contributed by atoms with Crippen LogP contribution >= 0.6 is 0 Å². The summed E-state index contributed by atoms with van der Waals surface area (Å²) in [6, 6.07) is 19.4. The van der Waals surface area contributed by atoms with Gasteiger partial charge in [0.15, 0.2) is 0 Å². The van der Waals surface area contributed by atoms with E-state index in [1.54, 1.807) is 6.07 Å². The maximum absolute atomic E-state index is 13.4. The van der Waals surface area contributed by atoms with Crippen molar-refractivity contribution < 1.29 is 13.9 Å². The molecule has 2 N–H and O–H groups in total. The van der Waals surface area contributed by atoms with Crippen LogP contribution in [0.25, 0.3) is 22.2 Å². The summed E-state index contributed by atoms with van der Waals surface area (Å²) in [5.74, 6) is -0.343. The van der Waals surface area contributed by atoms with Crippen LogP contribution in [-0.2, 0) is 13.0 Å². The highest BCUT2D eigenvalue weighted by atomic mass is 19.1. The molecule has 1 aromatic heterocycles. The Morgan fingerprint density at radius 1 is 1.08 bits per heavy atom. The van der Waals surface area contributed by atoms with Crippen molar-refractivity contribution >= 4 is 22.7 Å². The Bertz CT molecular complexity index is 1510. The van der Waals surface area contributed by atoms with Crippen molar-refractivity contribution in [2.24, 2.45) is 0 Å². The van der Waals surface area contributed by atoms with E-state index in [2.05, 4.69) is 47.9 Å². The number of anilines is 1. The summed E-state index contributed by atoms with van der Waals surface area (Å²) in [4.78, 5) is 17.2. The van der Waals surface area contributed by atoms with Crippen molar-refractivity contribution in [3.05, 3.63) is 96.1 Å². The van der Waals surface area contributed by atoms with Gasteiger partial charge in [-0.15, -0.1) is 0 Å². The monoisotopic (exact) mass is 497 g/mol. The summed E-state index contributed by atoms with van der Waals surface area (Å²) in [7, 11) is 0. The second-order valence-electron chi connectivity index (χ2n) is 9.17. The molecule has 0 unspecified atom stereocenters. The first-order valence-corrected chi connectivity index (χ1v) is 12.3. The van der Waals surface area contributed by atoms with Crippen molar-refractivity contribution in [1.82, 2.24) is 20.1 Å². The molecule has 0 atom stereocenters. The van der Waals surface area contributed by atoms with E-state index in [1.807, 2.05) is 35.1 Å². The minimum absolute atomic E-state index is 0.131. The topological polar surface area (TPSA) is 81.1 Å². The third-order valence-corrected chi connectivity index (χ3v) is 6.09. The van der Waals surface area contributed by atoms with Crippen molar-refractivity contribution in [1.29, 1.82) is 0 Å². The average molecular weight is 498 g/mol. The van der Waals surface area contributed by atoms with Crippen LogP contribution in [0, 0.1) is 5.82 Å². The number of benzene rings is 2. The number of carbonyl (C=O) groups is 1. The number of ether oxygens (including phenoxy) is 1. The summed E-state index contributed by atoms with van der Waals surface area (Å²) in [6.07, 6.45) is 4.21. The highest BCUT2D eigenvalue weighted by Crippen LogP contribution is 2.33. The molecule has 1 amide bonds. The van der Waals surface area contributed by atoms with Gasteiger partial charge in [0.2, 0.25) is 0 Å². The second-order valence-corrected chi connectivity index (χ2v) is 9.17. The fourth-order valence-electron chi connectivity index (χ4n) is 4.23. The highest BCUT2D eigenvalue weighted by molar-refractivity contribution is 5.99. The largest absolute Gasteiger partial charge is 0.417 e. The van der Waals surface area contributed by atoms with E-state index in [9.17, 15) is 9.18 Å². The zero-order valence-corrected chi connectivity index (χ0v) is 20.7. The lowest BCUT2D eigenvalue weighted by Crippen LogP contribution is -2.16. The fraction of sp³-hybridized carbons (Fsp3) is 0.207. The van der Waals surface area contributed by atoms with Gasteiger partial charge < -0.3 is 10.1 Å². The Morgan fingerprint density at radius 2 is 1.92 bits per heavy atom. The van der Waals surface area contributed by atoms with Gasteiger partial charge in [0, 0.05) is 41.5 Å². The maximum atomic E-state index is 13.4. The number of hydrogen-bond acceptors (Lipinski definition) is 5. The Morgan fingerprint density at radius 3 is 2.73 bits per heavy atom. The second kappa shape index (κ2) is 10.8. The number of halogens is 1. The third-order valence-electron chi connectivity index (χ3n) is 6.09. The zero-order valence-electron chi connectivity index (χ0n) is 20.7. The molecule has 3 aromatic rings. The molecule has 37 heavy (non-hydrogen) atoms. The van der Waals surface area contributed by atoms with Crippen LogP contribution in [-0.4, -0.2) is 27.4 Å². The zero-order chi connectivity index (χ0) is 25.8. The molecule has 0 radical (unpaired) electrons. The Balaban J connectivity index is 1.28. The fourth-order valence-corrected chi connectivity index (χ4v) is 4.23. The summed E-state index contributed by atoms with van der Waals surface area (Å²) in [5.41, 5.74) is 5.52. The normalized spacial score (nSPS) is 11.4. The minimum Gasteiger partial charge on any atom is -0.410 e. The Hall–Kier alpha value is -4.30. The maximum Gasteiger partial charge on any atom is 0.417 e. The van der Waals surface area contributed by atoms with E-state index in [-0.39, 0.29) is 5.75 Å². The number of para-hydroxylation sites is 1. The first-order valence-electron chi connectivity index (χ1n) is 12.3. The molecular weight excluding hydrogens is 469 g/mol. The van der Waals surface area contributed by atoms with E-state index in [4.69, 9.17) is 9.72 Å². The van der Waals surface area contributed by atoms with E-state index in [0.29, 0.717) is 18.3 Å². The van der Waals surface area contributed by atoms with Crippen LogP contribution in [0.15, 0.2) is 79.1 Å². The van der Waals surface area contributed by atoms with Crippen molar-refractivity contribution in [3.63, 3.8) is 0 Å². The van der Waals surface area contributed by atoms with Crippen LogP contribution in [0.5, 0.6) is 5.75 Å². The first-order chi connectivity index (χ1) is 18.0. The number of amides is 1. The Labute approximate surface area is 214 Å². The number of aromatic nitrogens is 3. The summed E-state index contributed by atoms with van der Waals surface area (Å²) < 4.78 is 20.5. The molecular formula is C29H28FN5O2. The van der Waals surface area contributed by atoms with Gasteiger partial charge in [0.05, 0.1) is 17.4 Å². The molecule has 0 spiro atoms. The van der Waals surface area contributed by atoms with Crippen LogP contribution in [0.2, 0.25) is 0 Å². The summed E-state index contributed by atoms with van der Waals surface area (Å²) in [6.45, 7) is 5.75. The van der Waals surface area contributed by atoms with Gasteiger partial charge in [-0.25, -0.2) is 14.2 Å². The molecule has 0 bridgehead atoms. The van der Waals surface area contributed by atoms with Crippen LogP contribution < -0.4 is 15.4 Å². The van der Waals surface area contributed by atoms with E-state index in [1.165, 1.54) is 23.8 Å². The highest BCUT2D eigenvalue weighted by Gasteiger charge is 2.15. The molecule has 5 rings (SSSR count). The lowest BCUT2D eigenvalue weighted by molar-refractivity contribution is 0.215. The molecule has 0 saturated heterocycles. The molecule has 8 heteroatoms. The average Bonchev–Trinajstić information content (AvgIpc) is 3.42. The summed E-state index contributed by atoms with van der Waals surface area (Å²) in [5, 5.41) is 11.7. The predicted molar refractivity (Wildman–Crippen MR) is 142 cm³/mol. The molecule has 1 aliphatic heterocycles. The van der Waals surface area contributed by atoms with Gasteiger partial charge in [0.1, 0.15) is 11.6 Å². The number of rotatable bonds is 8. The molecule has 0 saturated carbocycles. The molecule has 2 aliphatic rings. The molecule has 0 fully saturated rings. The standard InChI is InChI=1S/C29H28FN5O2/c1-19(2)35-18-20(16-32-35)12-13-31-17-21-6-3-11-26-25-10-5-8-23(15-27(25)34-28(21)26)33-29(36)37-24-9-4-7-22(30)14-24/h3-11,14-16,18-19,31H,12-13,17H2,1-2H3,(H,33,36). The van der Waals surface area contributed by atoms with Crippen molar-refractivity contribution in [2.75, 3.05) is 11.9 Å². The number of nitrogens with one attached hydrogen (secondary N) is 2. The van der Waals surface area contributed by atoms with Gasteiger partial charge >= 0.3 is 6.09 Å². The summed E-state index contributed by atoms with van der Waals surface area (Å²) >= 11 is 0. The SMILES string of the molecule is CC(C)n1cc(CCNCc2cccc3c4cccc(NC(=O)Oc5cccc(F)c5)cc-4nc23)cn1. The number of fused-ring (bicyclic) bond motifs is 3. The van der Waals surface area contributed by atoms with Gasteiger partial charge in [-0.05, 0) is 62.2 Å². The van der Waals surface area contributed by atoms with Gasteiger partial charge in [-0.1, -0.05) is 36.4 Å². The smallest absolute Gasteiger partial charge is 0.410 e. The number of carbonyl (C=O) groups excluding carboxylic acids is 1. The third kappa shape index (κ3) is 5.76. The quantitative estimate of drug-likeness (QED) is 0.250. The molecule has 2 aromatic carbocycles. The van der Waals surface area contributed by atoms with Gasteiger partial charge in [-0.3, -0.25) is 10.00 Å². The van der Waals surface area contributed by atoms with E-state index >= 15 is 0 Å². The van der Waals surface area contributed by atoms with Crippen molar-refractivity contribution in [3.8, 4) is 17.0 Å². The van der Waals surface area contributed by atoms with Crippen LogP contribution in [0.1, 0.15) is 31.0 Å². The van der Waals surface area contributed by atoms with Gasteiger partial charge in [-0.2, -0.15) is 5.10 Å². The predicted octanol–water partition coefficient (Wildman–Crippen LogP) is 6.20. The van der Waals surface area contributed by atoms with Crippen LogP contribution in [0.4, 0.5) is 14.9 Å². The van der Waals surface area contributed by atoms with Crippen molar-refractivity contribution in [2.45, 2.75) is 32.9 Å². The number of hydrogen-bond donors (Lipinski definition) is 2. The lowest BCUT2D eigenvalue weighted by Gasteiger charge is -2.06. The molecule has 188 valence electrons. The number of nitrogens with zero attached hydrogens (tertiary/aromatic N) is 3. The Kier molecular flexibility index (Phi) is 7.09. The van der Waals surface area contributed by atoms with Crippen LogP contribution in [0.3, 0.4) is 0 Å². The van der Waals surface area contributed by atoms with E-state index in [0.717, 1.165) is 46.8 Å². The first kappa shape index (κ1) is 24.4. The lowest BCUT2D eigenvalue weighted by atomic mass is 10.1.